The first-order valence-electron chi connectivity index (χ1n) is 14.6. The van der Waals surface area contributed by atoms with E-state index in [0.29, 0.717) is 0 Å². The minimum Gasteiger partial charge on any atom is -0.335 e. The Bertz CT molecular complexity index is 1990. The molecule has 2 heteroatoms. The topological polar surface area (TPSA) is 8.17 Å². The molecule has 204 valence electrons. The van der Waals surface area contributed by atoms with Gasteiger partial charge < -0.3 is 9.47 Å². The van der Waals surface area contributed by atoms with Gasteiger partial charge in [0.2, 0.25) is 0 Å². The van der Waals surface area contributed by atoms with Gasteiger partial charge in [-0.1, -0.05) is 97.1 Å². The molecule has 0 unspecified atom stereocenters. The summed E-state index contributed by atoms with van der Waals surface area (Å²) in [6, 6.07) is 54.6. The van der Waals surface area contributed by atoms with Crippen LogP contribution in [-0.2, 0) is 5.54 Å². The molecule has 0 aliphatic heterocycles. The van der Waals surface area contributed by atoms with E-state index in [0.717, 1.165) is 17.1 Å². The smallest absolute Gasteiger partial charge is 0.0496 e. The molecule has 0 amide bonds. The monoisotopic (exact) mass is 542 g/mol. The van der Waals surface area contributed by atoms with Crippen LogP contribution >= 0.6 is 0 Å². The largest absolute Gasteiger partial charge is 0.335 e. The molecule has 0 aliphatic rings. The van der Waals surface area contributed by atoms with Gasteiger partial charge in [-0.2, -0.15) is 0 Å². The predicted octanol–water partition coefficient (Wildman–Crippen LogP) is 11.4. The third-order valence-corrected chi connectivity index (χ3v) is 8.03. The summed E-state index contributed by atoms with van der Waals surface area (Å²) >= 11 is 0. The van der Waals surface area contributed by atoms with Gasteiger partial charge in [-0.3, -0.25) is 0 Å². The van der Waals surface area contributed by atoms with Crippen molar-refractivity contribution in [3.63, 3.8) is 0 Å². The van der Waals surface area contributed by atoms with E-state index in [9.17, 15) is 0 Å². The summed E-state index contributed by atoms with van der Waals surface area (Å²) in [6.45, 7) is 6.83. The van der Waals surface area contributed by atoms with Crippen LogP contribution < -0.4 is 4.90 Å². The van der Waals surface area contributed by atoms with Crippen molar-refractivity contribution in [2.45, 2.75) is 26.3 Å². The molecule has 0 saturated heterocycles. The fraction of sp³-hybridized carbons (Fsp3) is 0.100. The highest BCUT2D eigenvalue weighted by Gasteiger charge is 2.20. The fourth-order valence-electron chi connectivity index (χ4n) is 6.16. The van der Waals surface area contributed by atoms with Gasteiger partial charge in [-0.15, -0.1) is 0 Å². The molecule has 6 aromatic carbocycles. The Morgan fingerprint density at radius 3 is 1.67 bits per heavy atom. The number of para-hydroxylation sites is 2. The van der Waals surface area contributed by atoms with Crippen LogP contribution in [0.5, 0.6) is 0 Å². The second kappa shape index (κ2) is 10.4. The lowest BCUT2D eigenvalue weighted by molar-refractivity contribution is 0.423. The summed E-state index contributed by atoms with van der Waals surface area (Å²) in [4.78, 5) is 2.33. The molecule has 7 rings (SSSR count). The highest BCUT2D eigenvalue weighted by molar-refractivity contribution is 6.09. The summed E-state index contributed by atoms with van der Waals surface area (Å²) in [6.07, 6.45) is 0. The molecule has 0 fully saturated rings. The zero-order valence-corrected chi connectivity index (χ0v) is 24.3. The van der Waals surface area contributed by atoms with Crippen molar-refractivity contribution < 1.29 is 0 Å². The van der Waals surface area contributed by atoms with E-state index in [1.165, 1.54) is 44.1 Å². The van der Waals surface area contributed by atoms with Gasteiger partial charge in [0.15, 0.2) is 0 Å². The molecule has 0 aliphatic carbocycles. The highest BCUT2D eigenvalue weighted by atomic mass is 15.1. The highest BCUT2D eigenvalue weighted by Crippen LogP contribution is 2.39. The first kappa shape index (κ1) is 25.9. The van der Waals surface area contributed by atoms with Crippen LogP contribution in [0.2, 0.25) is 0 Å². The van der Waals surface area contributed by atoms with Crippen molar-refractivity contribution in [2.24, 2.45) is 0 Å². The molecule has 42 heavy (non-hydrogen) atoms. The zero-order valence-electron chi connectivity index (χ0n) is 24.3. The SMILES string of the molecule is CC(C)(C)n1c2ccccc2c2cc(-c3ccc(N(c4ccccc4)c4cccc(-c5ccccc5)c4)cc3)ccc21. The number of fused-ring (bicyclic) bond motifs is 3. The van der Waals surface area contributed by atoms with Gasteiger partial charge in [0, 0.05) is 44.4 Å². The second-order valence-corrected chi connectivity index (χ2v) is 11.9. The van der Waals surface area contributed by atoms with Crippen LogP contribution in [0.4, 0.5) is 17.1 Å². The minimum atomic E-state index is -0.0107. The van der Waals surface area contributed by atoms with Crippen molar-refractivity contribution in [3.8, 4) is 22.3 Å². The maximum absolute atomic E-state index is 2.46. The van der Waals surface area contributed by atoms with Gasteiger partial charge in [-0.25, -0.2) is 0 Å². The van der Waals surface area contributed by atoms with E-state index in [-0.39, 0.29) is 5.54 Å². The average Bonchev–Trinajstić information content (AvgIpc) is 3.37. The third-order valence-electron chi connectivity index (χ3n) is 8.03. The van der Waals surface area contributed by atoms with E-state index >= 15 is 0 Å². The van der Waals surface area contributed by atoms with Crippen LogP contribution in [0, 0.1) is 0 Å². The van der Waals surface area contributed by atoms with Crippen LogP contribution in [0.15, 0.2) is 152 Å². The second-order valence-electron chi connectivity index (χ2n) is 11.9. The Morgan fingerprint density at radius 1 is 0.405 bits per heavy atom. The van der Waals surface area contributed by atoms with Gasteiger partial charge in [0.25, 0.3) is 0 Å². The van der Waals surface area contributed by atoms with E-state index < -0.39 is 0 Å². The number of aromatic nitrogens is 1. The van der Waals surface area contributed by atoms with E-state index in [1.807, 2.05) is 0 Å². The number of nitrogens with zero attached hydrogens (tertiary/aromatic N) is 2. The van der Waals surface area contributed by atoms with Crippen LogP contribution in [-0.4, -0.2) is 4.57 Å². The van der Waals surface area contributed by atoms with Gasteiger partial charge in [0.1, 0.15) is 0 Å². The lowest BCUT2D eigenvalue weighted by Gasteiger charge is -2.26. The van der Waals surface area contributed by atoms with Crippen LogP contribution in [0.25, 0.3) is 44.1 Å². The molecule has 2 nitrogen and oxygen atoms in total. The summed E-state index contributed by atoms with van der Waals surface area (Å²) < 4.78 is 2.46. The molecule has 0 spiro atoms. The Kier molecular flexibility index (Phi) is 6.40. The maximum atomic E-state index is 2.46. The summed E-state index contributed by atoms with van der Waals surface area (Å²) in [7, 11) is 0. The standard InChI is InChI=1S/C40H34N2/c1-40(2,3)42-38-20-11-10-19-36(38)37-28-32(23-26-39(37)42)30-21-24-34(25-22-30)41(33-16-8-5-9-17-33)35-18-12-15-31(27-35)29-13-6-4-7-14-29/h4-28H,1-3H3. The molecule has 7 aromatic rings. The Morgan fingerprint density at radius 2 is 0.929 bits per heavy atom. The molecule has 0 radical (unpaired) electrons. The minimum absolute atomic E-state index is 0.0107. The van der Waals surface area contributed by atoms with E-state index in [2.05, 4.69) is 182 Å². The number of anilines is 3. The molecule has 1 heterocycles. The Hall–Kier alpha value is -5.08. The van der Waals surface area contributed by atoms with Crippen molar-refractivity contribution in [3.05, 3.63) is 152 Å². The summed E-state index contributed by atoms with van der Waals surface area (Å²) in [5, 5.41) is 2.60. The normalized spacial score (nSPS) is 11.7. The molecule has 0 N–H and O–H groups in total. The van der Waals surface area contributed by atoms with Gasteiger partial charge in [0.05, 0.1) is 0 Å². The quantitative estimate of drug-likeness (QED) is 0.210. The number of rotatable bonds is 5. The lowest BCUT2D eigenvalue weighted by Crippen LogP contribution is -2.21. The molecule has 0 atom stereocenters. The van der Waals surface area contributed by atoms with Crippen LogP contribution in [0.1, 0.15) is 20.8 Å². The van der Waals surface area contributed by atoms with Gasteiger partial charge >= 0.3 is 0 Å². The van der Waals surface area contributed by atoms with Crippen LogP contribution in [0.3, 0.4) is 0 Å². The van der Waals surface area contributed by atoms with E-state index in [4.69, 9.17) is 0 Å². The van der Waals surface area contributed by atoms with Crippen molar-refractivity contribution in [1.29, 1.82) is 0 Å². The first-order chi connectivity index (χ1) is 20.5. The molecular weight excluding hydrogens is 508 g/mol. The molecule has 1 aromatic heterocycles. The fourth-order valence-corrected chi connectivity index (χ4v) is 6.16. The Labute approximate surface area is 248 Å². The number of hydrogen-bond acceptors (Lipinski definition) is 1. The van der Waals surface area contributed by atoms with Crippen molar-refractivity contribution in [2.75, 3.05) is 4.90 Å². The predicted molar refractivity (Wildman–Crippen MR) is 180 cm³/mol. The van der Waals surface area contributed by atoms with E-state index in [1.54, 1.807) is 0 Å². The zero-order chi connectivity index (χ0) is 28.7. The summed E-state index contributed by atoms with van der Waals surface area (Å²) in [5.41, 5.74) is 10.8. The average molecular weight is 543 g/mol. The van der Waals surface area contributed by atoms with Crippen molar-refractivity contribution >= 4 is 38.9 Å². The Balaban J connectivity index is 1.30. The molecular formula is C40H34N2. The first-order valence-corrected chi connectivity index (χ1v) is 14.6. The number of benzene rings is 6. The number of hydrogen-bond donors (Lipinski definition) is 0. The van der Waals surface area contributed by atoms with Crippen molar-refractivity contribution in [1.82, 2.24) is 4.57 Å². The lowest BCUT2D eigenvalue weighted by atomic mass is 10.0. The maximum Gasteiger partial charge on any atom is 0.0496 e. The molecule has 0 bridgehead atoms. The molecule has 0 saturated carbocycles. The van der Waals surface area contributed by atoms with Gasteiger partial charge in [-0.05, 0) is 97.6 Å². The summed E-state index contributed by atoms with van der Waals surface area (Å²) in [5.74, 6) is 0. The third kappa shape index (κ3) is 4.65.